The number of nitrogens with one attached hydrogen (secondary N) is 2. The molecule has 6 aliphatic rings. The lowest BCUT2D eigenvalue weighted by Gasteiger charge is -2.61. The van der Waals surface area contributed by atoms with E-state index in [0.29, 0.717) is 18.4 Å². The summed E-state index contributed by atoms with van der Waals surface area (Å²) in [7, 11) is 0. The molecule has 6 rings (SSSR count). The van der Waals surface area contributed by atoms with Crippen molar-refractivity contribution < 1.29 is 23.5 Å². The van der Waals surface area contributed by atoms with Gasteiger partial charge in [-0.2, -0.15) is 0 Å². The third kappa shape index (κ3) is 6.70. The SMILES string of the molecule is CCCC(CCC)NC(=O)C1=CN2C3CC4CCCCC4CC3OC3C(NCCCN4CCOCC4)C(F)CC(C1=O)C32. The highest BCUT2D eigenvalue weighted by Gasteiger charge is 2.59. The summed E-state index contributed by atoms with van der Waals surface area (Å²) in [5.74, 6) is 0.298. The van der Waals surface area contributed by atoms with Crippen molar-refractivity contribution in [3.63, 3.8) is 0 Å². The van der Waals surface area contributed by atoms with Crippen LogP contribution < -0.4 is 10.6 Å². The molecule has 2 saturated heterocycles. The molecule has 3 heterocycles. The average molecular weight is 603 g/mol. The molecule has 9 heteroatoms. The van der Waals surface area contributed by atoms with E-state index in [9.17, 15) is 9.59 Å². The molecule has 9 unspecified atom stereocenters. The number of morpholine rings is 2. The van der Waals surface area contributed by atoms with Crippen molar-refractivity contribution in [1.29, 1.82) is 0 Å². The predicted molar refractivity (Wildman–Crippen MR) is 164 cm³/mol. The number of rotatable bonds is 11. The zero-order valence-electron chi connectivity index (χ0n) is 26.5. The van der Waals surface area contributed by atoms with Gasteiger partial charge < -0.3 is 25.0 Å². The van der Waals surface area contributed by atoms with Crippen LogP contribution in [0.25, 0.3) is 0 Å². The van der Waals surface area contributed by atoms with Gasteiger partial charge in [-0.1, -0.05) is 52.4 Å². The Hall–Kier alpha value is -1.55. The molecule has 5 fully saturated rings. The number of alkyl halides is 1. The summed E-state index contributed by atoms with van der Waals surface area (Å²) in [6, 6.07) is -0.480. The number of hydrogen-bond acceptors (Lipinski definition) is 7. The highest BCUT2D eigenvalue weighted by atomic mass is 19.1. The van der Waals surface area contributed by atoms with Crippen molar-refractivity contribution in [1.82, 2.24) is 20.4 Å². The van der Waals surface area contributed by atoms with Crippen LogP contribution in [0.4, 0.5) is 4.39 Å². The lowest BCUT2D eigenvalue weighted by atomic mass is 9.65. The van der Waals surface area contributed by atoms with Crippen LogP contribution in [0.2, 0.25) is 0 Å². The second kappa shape index (κ2) is 14.3. The number of fused-ring (bicyclic) bond motifs is 3. The highest BCUT2D eigenvalue weighted by Crippen LogP contribution is 2.50. The van der Waals surface area contributed by atoms with Gasteiger partial charge in [-0.25, -0.2) is 4.39 Å². The Bertz CT molecular complexity index is 999. The molecule has 2 N–H and O–H groups in total. The summed E-state index contributed by atoms with van der Waals surface area (Å²) < 4.78 is 28.5. The Balaban J connectivity index is 1.23. The quantitative estimate of drug-likeness (QED) is 0.274. The predicted octanol–water partition coefficient (Wildman–Crippen LogP) is 3.98. The van der Waals surface area contributed by atoms with Crippen molar-refractivity contribution in [2.75, 3.05) is 39.4 Å². The summed E-state index contributed by atoms with van der Waals surface area (Å²) >= 11 is 0. The third-order valence-corrected chi connectivity index (χ3v) is 11.5. The molecule has 0 bridgehead atoms. The van der Waals surface area contributed by atoms with Gasteiger partial charge in [0, 0.05) is 31.2 Å². The van der Waals surface area contributed by atoms with Gasteiger partial charge >= 0.3 is 0 Å². The van der Waals surface area contributed by atoms with Gasteiger partial charge in [-0.05, 0) is 63.5 Å². The first-order valence-corrected chi connectivity index (χ1v) is 17.7. The molecule has 242 valence electrons. The van der Waals surface area contributed by atoms with E-state index in [1.54, 1.807) is 0 Å². The first-order chi connectivity index (χ1) is 21.0. The molecule has 43 heavy (non-hydrogen) atoms. The molecule has 3 aliphatic carbocycles. The first-order valence-electron chi connectivity index (χ1n) is 17.7. The maximum Gasteiger partial charge on any atom is 0.256 e. The van der Waals surface area contributed by atoms with E-state index in [0.717, 1.165) is 77.8 Å². The fraction of sp³-hybridized carbons (Fsp3) is 0.882. The van der Waals surface area contributed by atoms with Crippen LogP contribution in [0.5, 0.6) is 0 Å². The number of carbonyl (C=O) groups excluding carboxylic acids is 2. The van der Waals surface area contributed by atoms with Crippen molar-refractivity contribution in [2.45, 2.75) is 133 Å². The molecule has 9 atom stereocenters. The first kappa shape index (κ1) is 31.4. The van der Waals surface area contributed by atoms with Crippen LogP contribution >= 0.6 is 0 Å². The number of amides is 1. The number of halogens is 1. The summed E-state index contributed by atoms with van der Waals surface area (Å²) in [6.07, 6.45) is 12.2. The van der Waals surface area contributed by atoms with Crippen LogP contribution in [0.3, 0.4) is 0 Å². The zero-order chi connectivity index (χ0) is 29.9. The fourth-order valence-corrected chi connectivity index (χ4v) is 9.34. The minimum Gasteiger partial charge on any atom is -0.379 e. The molecule has 3 saturated carbocycles. The highest BCUT2D eigenvalue weighted by molar-refractivity contribution is 6.20. The largest absolute Gasteiger partial charge is 0.379 e. The van der Waals surface area contributed by atoms with E-state index in [1.165, 1.54) is 25.7 Å². The molecule has 0 aromatic heterocycles. The van der Waals surface area contributed by atoms with Gasteiger partial charge in [0.2, 0.25) is 0 Å². The molecule has 0 aromatic rings. The lowest BCUT2D eigenvalue weighted by molar-refractivity contribution is -0.208. The van der Waals surface area contributed by atoms with E-state index in [4.69, 9.17) is 9.47 Å². The van der Waals surface area contributed by atoms with Gasteiger partial charge in [-0.3, -0.25) is 14.5 Å². The Kier molecular flexibility index (Phi) is 10.4. The van der Waals surface area contributed by atoms with Crippen molar-refractivity contribution in [3.05, 3.63) is 11.8 Å². The molecular weight excluding hydrogens is 547 g/mol. The molecule has 0 radical (unpaired) electrons. The normalized spacial score (nSPS) is 37.8. The maximum atomic E-state index is 16.1. The average Bonchev–Trinajstić information content (AvgIpc) is 3.01. The van der Waals surface area contributed by atoms with Crippen molar-refractivity contribution in [2.24, 2.45) is 17.8 Å². The van der Waals surface area contributed by atoms with E-state index in [-0.39, 0.29) is 47.9 Å². The van der Waals surface area contributed by atoms with Crippen LogP contribution in [0.15, 0.2) is 11.8 Å². The zero-order valence-corrected chi connectivity index (χ0v) is 26.5. The van der Waals surface area contributed by atoms with Crippen molar-refractivity contribution >= 4 is 11.7 Å². The van der Waals surface area contributed by atoms with Gasteiger partial charge in [0.1, 0.15) is 6.17 Å². The van der Waals surface area contributed by atoms with Crippen LogP contribution in [-0.4, -0.2) is 103 Å². The topological polar surface area (TPSA) is 83.1 Å². The smallest absolute Gasteiger partial charge is 0.256 e. The van der Waals surface area contributed by atoms with Crippen LogP contribution in [0.1, 0.15) is 90.9 Å². The Labute approximate surface area is 257 Å². The molecule has 1 amide bonds. The van der Waals surface area contributed by atoms with Crippen LogP contribution in [0, 0.1) is 17.8 Å². The standard InChI is InChI=1S/C34H55FN4O4/c1-3-8-24(9-4-2)37-34(41)26-21-39-28-18-22-10-5-6-11-23(22)19-29(28)43-33-30(27(35)20-25(31(33)39)32(26)40)36-12-7-13-38-14-16-42-17-15-38/h21-25,27-31,33,36H,3-20H2,1-2H3,(H,37,41). The number of ether oxygens (including phenoxy) is 2. The second-order valence-electron chi connectivity index (χ2n) is 14.2. The monoisotopic (exact) mass is 602 g/mol. The minimum absolute atomic E-state index is 0.00546. The van der Waals surface area contributed by atoms with E-state index >= 15 is 4.39 Å². The molecular formula is C34H55FN4O4. The molecule has 8 nitrogen and oxygen atoms in total. The number of nitrogens with zero attached hydrogens (tertiary/aromatic N) is 2. The number of hydrogen-bond donors (Lipinski definition) is 2. The second-order valence-corrected chi connectivity index (χ2v) is 14.2. The fourth-order valence-electron chi connectivity index (χ4n) is 9.34. The Morgan fingerprint density at radius 3 is 2.51 bits per heavy atom. The van der Waals surface area contributed by atoms with Crippen LogP contribution in [-0.2, 0) is 19.1 Å². The summed E-state index contributed by atoms with van der Waals surface area (Å²) in [5, 5.41) is 6.74. The summed E-state index contributed by atoms with van der Waals surface area (Å²) in [6.45, 7) is 9.38. The summed E-state index contributed by atoms with van der Waals surface area (Å²) in [5.41, 5.74) is 0.229. The Morgan fingerprint density at radius 2 is 1.79 bits per heavy atom. The Morgan fingerprint density at radius 1 is 1.07 bits per heavy atom. The third-order valence-electron chi connectivity index (χ3n) is 11.5. The van der Waals surface area contributed by atoms with Gasteiger partial charge in [-0.15, -0.1) is 0 Å². The molecule has 0 aromatic carbocycles. The van der Waals surface area contributed by atoms with Gasteiger partial charge in [0.05, 0.1) is 49.1 Å². The molecule has 3 aliphatic heterocycles. The van der Waals surface area contributed by atoms with E-state index < -0.39 is 24.2 Å². The van der Waals surface area contributed by atoms with Gasteiger partial charge in [0.15, 0.2) is 5.78 Å². The van der Waals surface area contributed by atoms with E-state index in [1.807, 2.05) is 6.20 Å². The van der Waals surface area contributed by atoms with Crippen molar-refractivity contribution in [3.8, 4) is 0 Å². The molecule has 0 spiro atoms. The summed E-state index contributed by atoms with van der Waals surface area (Å²) in [4.78, 5) is 32.4. The number of carbonyl (C=O) groups is 2. The number of Topliss-reactive ketones (excluding diaryl/α,β-unsaturated/α-hetero) is 1. The maximum absolute atomic E-state index is 16.1. The van der Waals surface area contributed by atoms with Gasteiger partial charge in [0.25, 0.3) is 5.91 Å². The van der Waals surface area contributed by atoms with E-state index in [2.05, 4.69) is 34.3 Å². The lowest BCUT2D eigenvalue weighted by Crippen LogP contribution is -2.73. The number of ketones is 1. The minimum atomic E-state index is -1.20.